The number of ketones is 1. The van der Waals surface area contributed by atoms with Gasteiger partial charge in [-0.05, 0) is 29.8 Å². The maximum atomic E-state index is 12.4. The number of Topliss-reactive ketones (excluding diaryl/α,β-unsaturated/α-hetero) is 1. The molecular formula is C22H20O5. The Kier molecular flexibility index (Phi) is 6.05. The fourth-order valence-corrected chi connectivity index (χ4v) is 2.71. The summed E-state index contributed by atoms with van der Waals surface area (Å²) in [4.78, 5) is 24.4. The SMILES string of the molecule is CCOc1ccccc1OCC(=O)OCC(=O)c1cccc2ccccc12. The van der Waals surface area contributed by atoms with Gasteiger partial charge in [0.05, 0.1) is 6.61 Å². The molecule has 0 radical (unpaired) electrons. The predicted octanol–water partition coefficient (Wildman–Crippen LogP) is 4.04. The van der Waals surface area contributed by atoms with Crippen LogP contribution in [0.4, 0.5) is 0 Å². The zero-order valence-corrected chi connectivity index (χ0v) is 15.0. The lowest BCUT2D eigenvalue weighted by Gasteiger charge is -2.11. The van der Waals surface area contributed by atoms with Crippen LogP contribution in [0.5, 0.6) is 11.5 Å². The largest absolute Gasteiger partial charge is 0.490 e. The van der Waals surface area contributed by atoms with Crippen molar-refractivity contribution in [3.63, 3.8) is 0 Å². The van der Waals surface area contributed by atoms with Gasteiger partial charge in [-0.15, -0.1) is 0 Å². The number of carbonyl (C=O) groups excluding carboxylic acids is 2. The first-order valence-electron chi connectivity index (χ1n) is 8.70. The zero-order valence-electron chi connectivity index (χ0n) is 15.0. The van der Waals surface area contributed by atoms with Gasteiger partial charge in [0.2, 0.25) is 5.78 Å². The van der Waals surface area contributed by atoms with Crippen LogP contribution in [-0.2, 0) is 9.53 Å². The van der Waals surface area contributed by atoms with Gasteiger partial charge < -0.3 is 14.2 Å². The molecule has 138 valence electrons. The quantitative estimate of drug-likeness (QED) is 0.446. The Morgan fingerprint density at radius 2 is 1.44 bits per heavy atom. The van der Waals surface area contributed by atoms with Gasteiger partial charge in [-0.25, -0.2) is 4.79 Å². The van der Waals surface area contributed by atoms with Gasteiger partial charge in [0, 0.05) is 5.56 Å². The minimum atomic E-state index is -0.616. The van der Waals surface area contributed by atoms with Crippen molar-refractivity contribution in [1.82, 2.24) is 0 Å². The number of ether oxygens (including phenoxy) is 3. The number of benzene rings is 3. The highest BCUT2D eigenvalue weighted by Crippen LogP contribution is 2.26. The van der Waals surface area contributed by atoms with E-state index < -0.39 is 5.97 Å². The van der Waals surface area contributed by atoms with E-state index in [1.807, 2.05) is 49.4 Å². The minimum Gasteiger partial charge on any atom is -0.490 e. The molecule has 3 aromatic rings. The first-order chi connectivity index (χ1) is 13.2. The molecule has 27 heavy (non-hydrogen) atoms. The topological polar surface area (TPSA) is 61.8 Å². The first-order valence-corrected chi connectivity index (χ1v) is 8.70. The highest BCUT2D eigenvalue weighted by atomic mass is 16.6. The van der Waals surface area contributed by atoms with Crippen LogP contribution < -0.4 is 9.47 Å². The van der Waals surface area contributed by atoms with E-state index in [1.165, 1.54) is 0 Å². The molecule has 0 bridgehead atoms. The molecule has 0 aromatic heterocycles. The molecule has 0 saturated heterocycles. The summed E-state index contributed by atoms with van der Waals surface area (Å²) in [5.41, 5.74) is 0.531. The Bertz CT molecular complexity index is 943. The van der Waals surface area contributed by atoms with Crippen molar-refractivity contribution in [2.75, 3.05) is 19.8 Å². The monoisotopic (exact) mass is 364 g/mol. The second kappa shape index (κ2) is 8.85. The zero-order chi connectivity index (χ0) is 19.1. The van der Waals surface area contributed by atoms with Gasteiger partial charge in [-0.3, -0.25) is 4.79 Å². The van der Waals surface area contributed by atoms with Gasteiger partial charge in [-0.1, -0.05) is 54.6 Å². The Balaban J connectivity index is 1.57. The molecule has 3 rings (SSSR count). The number of hydrogen-bond donors (Lipinski definition) is 0. The Morgan fingerprint density at radius 3 is 2.22 bits per heavy atom. The van der Waals surface area contributed by atoms with E-state index in [9.17, 15) is 9.59 Å². The summed E-state index contributed by atoms with van der Waals surface area (Å²) in [6, 6.07) is 20.1. The first kappa shape index (κ1) is 18.5. The third-order valence-electron chi connectivity index (χ3n) is 3.95. The molecule has 0 spiro atoms. The lowest BCUT2D eigenvalue weighted by atomic mass is 10.0. The van der Waals surface area contributed by atoms with Crippen LogP contribution in [0.15, 0.2) is 66.7 Å². The second-order valence-electron chi connectivity index (χ2n) is 5.78. The average molecular weight is 364 g/mol. The van der Waals surface area contributed by atoms with Crippen LogP contribution >= 0.6 is 0 Å². The fourth-order valence-electron chi connectivity index (χ4n) is 2.71. The van der Waals surface area contributed by atoms with Gasteiger partial charge in [0.1, 0.15) is 0 Å². The molecule has 0 N–H and O–H groups in total. The van der Waals surface area contributed by atoms with E-state index in [0.29, 0.717) is 23.7 Å². The van der Waals surface area contributed by atoms with E-state index in [1.54, 1.807) is 24.3 Å². The average Bonchev–Trinajstić information content (AvgIpc) is 2.71. The van der Waals surface area contributed by atoms with Crippen LogP contribution in [0, 0.1) is 0 Å². The van der Waals surface area contributed by atoms with Crippen molar-refractivity contribution < 1.29 is 23.8 Å². The molecule has 0 heterocycles. The molecule has 0 atom stereocenters. The van der Waals surface area contributed by atoms with E-state index in [2.05, 4.69) is 0 Å². The van der Waals surface area contributed by atoms with E-state index in [0.717, 1.165) is 10.8 Å². The third kappa shape index (κ3) is 4.64. The third-order valence-corrected chi connectivity index (χ3v) is 3.95. The molecule has 5 nitrogen and oxygen atoms in total. The van der Waals surface area contributed by atoms with Crippen LogP contribution in [0.3, 0.4) is 0 Å². The van der Waals surface area contributed by atoms with Gasteiger partial charge in [-0.2, -0.15) is 0 Å². The van der Waals surface area contributed by atoms with Gasteiger partial charge in [0.15, 0.2) is 24.7 Å². The molecule has 0 amide bonds. The smallest absolute Gasteiger partial charge is 0.344 e. The summed E-state index contributed by atoms with van der Waals surface area (Å²) in [5.74, 6) is 0.140. The van der Waals surface area contributed by atoms with Crippen molar-refractivity contribution in [3.05, 3.63) is 72.3 Å². The summed E-state index contributed by atoms with van der Waals surface area (Å²) in [6.45, 7) is 1.73. The molecule has 0 aliphatic carbocycles. The van der Waals surface area contributed by atoms with Gasteiger partial charge in [0.25, 0.3) is 0 Å². The second-order valence-corrected chi connectivity index (χ2v) is 5.78. The summed E-state index contributed by atoms with van der Waals surface area (Å²) >= 11 is 0. The summed E-state index contributed by atoms with van der Waals surface area (Å²) in [6.07, 6.45) is 0. The number of rotatable bonds is 8. The molecule has 0 fully saturated rings. The number of esters is 1. The number of carbonyl (C=O) groups is 2. The number of fused-ring (bicyclic) bond motifs is 1. The van der Waals surface area contributed by atoms with Crippen LogP contribution in [-0.4, -0.2) is 31.6 Å². The normalized spacial score (nSPS) is 10.4. The minimum absolute atomic E-state index is 0.255. The van der Waals surface area contributed by atoms with E-state index in [4.69, 9.17) is 14.2 Å². The standard InChI is InChI=1S/C22H20O5/c1-2-25-20-12-5-6-13-21(20)26-15-22(24)27-14-19(23)18-11-7-9-16-8-3-4-10-17(16)18/h3-13H,2,14-15H2,1H3. The lowest BCUT2D eigenvalue weighted by Crippen LogP contribution is -2.19. The lowest BCUT2D eigenvalue weighted by molar-refractivity contribution is -0.144. The highest BCUT2D eigenvalue weighted by molar-refractivity contribution is 6.09. The van der Waals surface area contributed by atoms with Gasteiger partial charge >= 0.3 is 5.97 Å². The number of para-hydroxylation sites is 2. The Hall–Kier alpha value is -3.34. The van der Waals surface area contributed by atoms with Crippen molar-refractivity contribution in [3.8, 4) is 11.5 Å². The maximum Gasteiger partial charge on any atom is 0.344 e. The van der Waals surface area contributed by atoms with Crippen molar-refractivity contribution >= 4 is 22.5 Å². The molecule has 5 heteroatoms. The predicted molar refractivity (Wildman–Crippen MR) is 102 cm³/mol. The maximum absolute atomic E-state index is 12.4. The van der Waals surface area contributed by atoms with Crippen LogP contribution in [0.2, 0.25) is 0 Å². The van der Waals surface area contributed by atoms with E-state index in [-0.39, 0.29) is 19.0 Å². The molecule has 0 aliphatic heterocycles. The summed E-state index contributed by atoms with van der Waals surface area (Å²) in [7, 11) is 0. The van der Waals surface area contributed by atoms with Crippen molar-refractivity contribution in [2.45, 2.75) is 6.92 Å². The number of hydrogen-bond acceptors (Lipinski definition) is 5. The molecule has 0 aliphatic rings. The Morgan fingerprint density at radius 1 is 0.778 bits per heavy atom. The molecular weight excluding hydrogens is 344 g/mol. The van der Waals surface area contributed by atoms with Crippen LogP contribution in [0.25, 0.3) is 10.8 Å². The van der Waals surface area contributed by atoms with Crippen molar-refractivity contribution in [1.29, 1.82) is 0 Å². The highest BCUT2D eigenvalue weighted by Gasteiger charge is 2.14. The summed E-state index contributed by atoms with van der Waals surface area (Å²) < 4.78 is 16.0. The van der Waals surface area contributed by atoms with Crippen LogP contribution in [0.1, 0.15) is 17.3 Å². The van der Waals surface area contributed by atoms with E-state index >= 15 is 0 Å². The summed E-state index contributed by atoms with van der Waals surface area (Å²) in [5, 5.41) is 1.80. The Labute approximate surface area is 157 Å². The fraction of sp³-hybridized carbons (Fsp3) is 0.182. The molecule has 3 aromatic carbocycles. The molecule has 0 saturated carbocycles. The van der Waals surface area contributed by atoms with Crippen molar-refractivity contribution in [2.24, 2.45) is 0 Å². The molecule has 0 unspecified atom stereocenters.